The van der Waals surface area contributed by atoms with Crippen molar-refractivity contribution in [3.05, 3.63) is 84.0 Å². The number of benzene rings is 2. The number of nitrogens with zero attached hydrogens (tertiary/aromatic N) is 1. The summed E-state index contributed by atoms with van der Waals surface area (Å²) in [6.07, 6.45) is 9.52. The average molecular weight is 348 g/mol. The van der Waals surface area contributed by atoms with Gasteiger partial charge in [0.2, 0.25) is 0 Å². The van der Waals surface area contributed by atoms with Gasteiger partial charge in [-0.3, -0.25) is 0 Å². The van der Waals surface area contributed by atoms with Crippen LogP contribution >= 0.6 is 0 Å². The summed E-state index contributed by atoms with van der Waals surface area (Å²) in [4.78, 5) is 0. The van der Waals surface area contributed by atoms with Gasteiger partial charge in [0.25, 0.3) is 0 Å². The lowest BCUT2D eigenvalue weighted by atomic mass is 9.89. The van der Waals surface area contributed by atoms with Gasteiger partial charge in [-0.2, -0.15) is 0 Å². The van der Waals surface area contributed by atoms with Gasteiger partial charge in [-0.05, 0) is 30.0 Å². The first-order chi connectivity index (χ1) is 12.7. The first-order valence-electron chi connectivity index (χ1n) is 8.85. The quantitative estimate of drug-likeness (QED) is 0.357. The van der Waals surface area contributed by atoms with E-state index in [1.807, 2.05) is 37.3 Å². The molecule has 0 heterocycles. The standard InChI is InChI=1S/C22H24N2O2/c1-2-26-21-10-6-3-7-18(21)15-16-11-13-17(14-12-16)19-8-4-5-9-20(19)22(23)24-25/h3-14,18,21,25H,2,15H2,1H3,(H2,23,24). The maximum Gasteiger partial charge on any atom is 0.170 e. The largest absolute Gasteiger partial charge is 0.409 e. The van der Waals surface area contributed by atoms with Gasteiger partial charge in [0.05, 0.1) is 6.10 Å². The van der Waals surface area contributed by atoms with Crippen LogP contribution in [0, 0.1) is 5.92 Å². The van der Waals surface area contributed by atoms with Crippen LogP contribution in [0.25, 0.3) is 11.1 Å². The van der Waals surface area contributed by atoms with Crippen LogP contribution in [0.1, 0.15) is 18.1 Å². The van der Waals surface area contributed by atoms with Crippen LogP contribution in [0.15, 0.2) is 78.0 Å². The second-order valence-electron chi connectivity index (χ2n) is 6.29. The van der Waals surface area contributed by atoms with E-state index >= 15 is 0 Å². The molecular weight excluding hydrogens is 324 g/mol. The predicted molar refractivity (Wildman–Crippen MR) is 105 cm³/mol. The number of nitrogens with two attached hydrogens (primary N) is 1. The molecule has 2 aromatic carbocycles. The number of amidine groups is 1. The van der Waals surface area contributed by atoms with E-state index in [9.17, 15) is 0 Å². The van der Waals surface area contributed by atoms with Crippen LogP contribution in [-0.2, 0) is 11.2 Å². The highest BCUT2D eigenvalue weighted by molar-refractivity contribution is 6.03. The smallest absolute Gasteiger partial charge is 0.170 e. The molecule has 3 rings (SSSR count). The normalized spacial score (nSPS) is 19.7. The molecule has 0 fully saturated rings. The van der Waals surface area contributed by atoms with E-state index in [1.54, 1.807) is 0 Å². The zero-order valence-corrected chi connectivity index (χ0v) is 14.9. The number of ether oxygens (including phenoxy) is 1. The molecule has 2 unspecified atom stereocenters. The lowest BCUT2D eigenvalue weighted by Crippen LogP contribution is -2.24. The molecule has 0 spiro atoms. The second kappa shape index (κ2) is 8.50. The van der Waals surface area contributed by atoms with E-state index in [0.29, 0.717) is 12.5 Å². The topological polar surface area (TPSA) is 67.8 Å². The molecule has 0 amide bonds. The Morgan fingerprint density at radius 3 is 2.54 bits per heavy atom. The molecular formula is C22H24N2O2. The lowest BCUT2D eigenvalue weighted by Gasteiger charge is -2.24. The molecule has 2 aromatic rings. The molecule has 26 heavy (non-hydrogen) atoms. The van der Waals surface area contributed by atoms with E-state index in [0.717, 1.165) is 23.1 Å². The minimum Gasteiger partial charge on any atom is -0.409 e. The highest BCUT2D eigenvalue weighted by atomic mass is 16.5. The summed E-state index contributed by atoms with van der Waals surface area (Å²) in [6, 6.07) is 16.1. The van der Waals surface area contributed by atoms with E-state index in [4.69, 9.17) is 15.7 Å². The third-order valence-electron chi connectivity index (χ3n) is 4.60. The second-order valence-corrected chi connectivity index (χ2v) is 6.29. The summed E-state index contributed by atoms with van der Waals surface area (Å²) in [6.45, 7) is 2.74. The molecule has 0 saturated heterocycles. The Morgan fingerprint density at radius 2 is 1.81 bits per heavy atom. The maximum absolute atomic E-state index is 8.99. The van der Waals surface area contributed by atoms with Gasteiger partial charge in [-0.25, -0.2) is 0 Å². The van der Waals surface area contributed by atoms with Gasteiger partial charge in [0.15, 0.2) is 5.84 Å². The van der Waals surface area contributed by atoms with E-state index < -0.39 is 0 Å². The van der Waals surface area contributed by atoms with Crippen molar-refractivity contribution in [2.45, 2.75) is 19.4 Å². The van der Waals surface area contributed by atoms with Crippen molar-refractivity contribution < 1.29 is 9.94 Å². The molecule has 0 aliphatic heterocycles. The maximum atomic E-state index is 8.99. The van der Waals surface area contributed by atoms with Gasteiger partial charge < -0.3 is 15.7 Å². The molecule has 0 radical (unpaired) electrons. The van der Waals surface area contributed by atoms with Gasteiger partial charge >= 0.3 is 0 Å². The summed E-state index contributed by atoms with van der Waals surface area (Å²) >= 11 is 0. The number of hydrogen-bond donors (Lipinski definition) is 2. The minimum atomic E-state index is 0.114. The molecule has 2 atom stereocenters. The molecule has 4 heteroatoms. The van der Waals surface area contributed by atoms with Crippen molar-refractivity contribution in [1.29, 1.82) is 0 Å². The number of rotatable bonds is 6. The van der Waals surface area contributed by atoms with Gasteiger partial charge in [0.1, 0.15) is 0 Å². The lowest BCUT2D eigenvalue weighted by molar-refractivity contribution is 0.0667. The summed E-state index contributed by atoms with van der Waals surface area (Å²) in [5.41, 5.74) is 9.76. The SMILES string of the molecule is CCOC1C=CC=CC1Cc1ccc(-c2ccccc2/C(N)=N/O)cc1. The van der Waals surface area contributed by atoms with Gasteiger partial charge in [0, 0.05) is 18.1 Å². The molecule has 0 aromatic heterocycles. The Bertz CT molecular complexity index is 822. The van der Waals surface area contributed by atoms with Crippen LogP contribution in [0.5, 0.6) is 0 Å². The minimum absolute atomic E-state index is 0.114. The Balaban J connectivity index is 1.80. The van der Waals surface area contributed by atoms with Gasteiger partial charge in [-0.1, -0.05) is 78.0 Å². The zero-order chi connectivity index (χ0) is 18.4. The Morgan fingerprint density at radius 1 is 1.08 bits per heavy atom. The van der Waals surface area contributed by atoms with Crippen molar-refractivity contribution in [1.82, 2.24) is 0 Å². The average Bonchev–Trinajstić information content (AvgIpc) is 2.70. The van der Waals surface area contributed by atoms with Gasteiger partial charge in [-0.15, -0.1) is 0 Å². The number of hydrogen-bond acceptors (Lipinski definition) is 3. The van der Waals surface area contributed by atoms with Crippen LogP contribution in [0.2, 0.25) is 0 Å². The first kappa shape index (κ1) is 18.0. The molecule has 3 N–H and O–H groups in total. The Labute approximate surface area is 154 Å². The highest BCUT2D eigenvalue weighted by Gasteiger charge is 2.19. The zero-order valence-electron chi connectivity index (χ0n) is 14.9. The third-order valence-corrected chi connectivity index (χ3v) is 4.60. The third kappa shape index (κ3) is 4.03. The summed E-state index contributed by atoms with van der Waals surface area (Å²) in [5, 5.41) is 12.1. The van der Waals surface area contributed by atoms with Crippen molar-refractivity contribution >= 4 is 5.84 Å². The van der Waals surface area contributed by atoms with Crippen LogP contribution in [-0.4, -0.2) is 23.8 Å². The highest BCUT2D eigenvalue weighted by Crippen LogP contribution is 2.26. The van der Waals surface area contributed by atoms with Crippen molar-refractivity contribution in [3.8, 4) is 11.1 Å². The first-order valence-corrected chi connectivity index (χ1v) is 8.85. The molecule has 134 valence electrons. The van der Waals surface area contributed by atoms with Crippen molar-refractivity contribution in [2.24, 2.45) is 16.8 Å². The van der Waals surface area contributed by atoms with Crippen molar-refractivity contribution in [3.63, 3.8) is 0 Å². The Hall–Kier alpha value is -2.85. The van der Waals surface area contributed by atoms with E-state index in [2.05, 4.69) is 47.6 Å². The van der Waals surface area contributed by atoms with Crippen LogP contribution < -0.4 is 5.73 Å². The van der Waals surface area contributed by atoms with Crippen molar-refractivity contribution in [2.75, 3.05) is 6.61 Å². The molecule has 1 aliphatic carbocycles. The number of allylic oxidation sites excluding steroid dienone is 2. The molecule has 4 nitrogen and oxygen atoms in total. The van der Waals surface area contributed by atoms with E-state index in [1.165, 1.54) is 5.56 Å². The monoisotopic (exact) mass is 348 g/mol. The number of oxime groups is 1. The summed E-state index contributed by atoms with van der Waals surface area (Å²) in [5.74, 6) is 0.457. The van der Waals surface area contributed by atoms with Crippen LogP contribution in [0.3, 0.4) is 0 Å². The fourth-order valence-corrected chi connectivity index (χ4v) is 3.29. The summed E-state index contributed by atoms with van der Waals surface area (Å²) in [7, 11) is 0. The van der Waals surface area contributed by atoms with E-state index in [-0.39, 0.29) is 11.9 Å². The fourth-order valence-electron chi connectivity index (χ4n) is 3.29. The predicted octanol–water partition coefficient (Wildman–Crippen LogP) is 4.14. The Kier molecular flexibility index (Phi) is 5.87. The fraction of sp³-hybridized carbons (Fsp3) is 0.227. The molecule has 1 aliphatic rings. The van der Waals surface area contributed by atoms with Crippen LogP contribution in [0.4, 0.5) is 0 Å². The molecule has 0 bridgehead atoms. The summed E-state index contributed by atoms with van der Waals surface area (Å²) < 4.78 is 5.83. The molecule has 0 saturated carbocycles.